The van der Waals surface area contributed by atoms with Crippen LogP contribution in [0.1, 0.15) is 25.5 Å². The van der Waals surface area contributed by atoms with Gasteiger partial charge in [0.2, 0.25) is 0 Å². The van der Waals surface area contributed by atoms with E-state index >= 15 is 0 Å². The minimum Gasteiger partial charge on any atom is -0.451 e. The zero-order valence-corrected chi connectivity index (χ0v) is 17.5. The largest absolute Gasteiger partial charge is 0.451 e. The molecule has 0 aliphatic rings. The number of fused-ring (bicyclic) bond motifs is 1. The van der Waals surface area contributed by atoms with Crippen molar-refractivity contribution in [2.75, 3.05) is 0 Å². The molecule has 11 heteroatoms. The highest BCUT2D eigenvalue weighted by Gasteiger charge is 2.22. The van der Waals surface area contributed by atoms with Gasteiger partial charge in [0.15, 0.2) is 17.3 Å². The number of hydrogen-bond donors (Lipinski definition) is 1. The van der Waals surface area contributed by atoms with Gasteiger partial charge in [-0.25, -0.2) is 14.2 Å². The van der Waals surface area contributed by atoms with E-state index < -0.39 is 35.3 Å². The Labute approximate surface area is 175 Å². The molecule has 0 saturated carbocycles. The van der Waals surface area contributed by atoms with Crippen molar-refractivity contribution in [2.45, 2.75) is 32.5 Å². The number of amides is 1. The number of aryl methyl sites for hydroxylation is 1. The number of halogens is 1. The van der Waals surface area contributed by atoms with Crippen molar-refractivity contribution in [1.82, 2.24) is 24.0 Å². The summed E-state index contributed by atoms with van der Waals surface area (Å²) in [5.41, 5.74) is -0.226. The lowest BCUT2D eigenvalue weighted by Gasteiger charge is -2.18. The molecule has 1 N–H and O–H groups in total. The lowest BCUT2D eigenvalue weighted by atomic mass is 10.1. The van der Waals surface area contributed by atoms with Crippen molar-refractivity contribution in [1.29, 1.82) is 0 Å². The van der Waals surface area contributed by atoms with Crippen molar-refractivity contribution >= 4 is 23.0 Å². The molecule has 0 radical (unpaired) electrons. The number of carbonyl (C=O) groups excluding carboxylic acids is 2. The second-order valence-corrected chi connectivity index (χ2v) is 7.16. The first-order valence-electron chi connectivity index (χ1n) is 9.46. The third-order valence-electron chi connectivity index (χ3n) is 4.92. The molecule has 0 aliphatic carbocycles. The molecule has 3 rings (SSSR count). The summed E-state index contributed by atoms with van der Waals surface area (Å²) in [4.78, 5) is 53.1. The summed E-state index contributed by atoms with van der Waals surface area (Å²) in [6.07, 6.45) is 0.158. The third-order valence-corrected chi connectivity index (χ3v) is 4.92. The van der Waals surface area contributed by atoms with Crippen LogP contribution in [0.2, 0.25) is 0 Å². The summed E-state index contributed by atoms with van der Waals surface area (Å²) >= 11 is 0. The van der Waals surface area contributed by atoms with Gasteiger partial charge in [-0.1, -0.05) is 12.1 Å². The van der Waals surface area contributed by atoms with Crippen LogP contribution < -0.4 is 16.6 Å². The van der Waals surface area contributed by atoms with E-state index in [4.69, 9.17) is 4.74 Å². The molecule has 2 atom stereocenters. The van der Waals surface area contributed by atoms with Gasteiger partial charge < -0.3 is 14.6 Å². The maximum Gasteiger partial charge on any atom is 0.332 e. The molecule has 0 saturated heterocycles. The molecule has 2 heterocycles. The van der Waals surface area contributed by atoms with Gasteiger partial charge in [-0.2, -0.15) is 0 Å². The molecular formula is C20H22FN5O5. The Morgan fingerprint density at radius 3 is 2.42 bits per heavy atom. The highest BCUT2D eigenvalue weighted by atomic mass is 19.1. The number of ether oxygens (including phenoxy) is 1. The van der Waals surface area contributed by atoms with Gasteiger partial charge in [0.25, 0.3) is 11.5 Å². The number of esters is 1. The number of benzene rings is 1. The van der Waals surface area contributed by atoms with Gasteiger partial charge in [-0.3, -0.25) is 23.5 Å². The van der Waals surface area contributed by atoms with Crippen molar-refractivity contribution < 1.29 is 18.7 Å². The molecule has 31 heavy (non-hydrogen) atoms. The van der Waals surface area contributed by atoms with Crippen LogP contribution in [0.3, 0.4) is 0 Å². The highest BCUT2D eigenvalue weighted by molar-refractivity contribution is 5.84. The topological polar surface area (TPSA) is 117 Å². The van der Waals surface area contributed by atoms with E-state index in [2.05, 4.69) is 10.3 Å². The second-order valence-electron chi connectivity index (χ2n) is 7.16. The van der Waals surface area contributed by atoms with Crippen LogP contribution in [0, 0.1) is 5.82 Å². The number of imidazole rings is 1. The van der Waals surface area contributed by atoms with E-state index in [0.717, 1.165) is 4.57 Å². The fourth-order valence-corrected chi connectivity index (χ4v) is 3.11. The Kier molecular flexibility index (Phi) is 6.04. The first kappa shape index (κ1) is 21.9. The molecule has 2 aromatic heterocycles. The van der Waals surface area contributed by atoms with Gasteiger partial charge in [0.05, 0.1) is 12.4 Å². The molecule has 0 aliphatic heterocycles. The minimum absolute atomic E-state index is 0.0728. The Morgan fingerprint density at radius 2 is 1.77 bits per heavy atom. The summed E-state index contributed by atoms with van der Waals surface area (Å²) in [5.74, 6) is -1.67. The van der Waals surface area contributed by atoms with Crippen molar-refractivity contribution in [3.63, 3.8) is 0 Å². The first-order valence-corrected chi connectivity index (χ1v) is 9.46. The number of hydrogen-bond acceptors (Lipinski definition) is 6. The SMILES string of the molecule is C[C@H](NC(=O)[C@@H](C)OC(=O)Cn1cnc2c1c(=O)n(C)c(=O)n2C)c1ccc(F)cc1. The quantitative estimate of drug-likeness (QED) is 0.564. The van der Waals surface area contributed by atoms with Crippen LogP contribution in [0.5, 0.6) is 0 Å². The smallest absolute Gasteiger partial charge is 0.332 e. The fourth-order valence-electron chi connectivity index (χ4n) is 3.11. The first-order chi connectivity index (χ1) is 14.6. The van der Waals surface area contributed by atoms with Crippen molar-refractivity contribution in [3.05, 3.63) is 62.8 Å². The highest BCUT2D eigenvalue weighted by Crippen LogP contribution is 2.13. The maximum atomic E-state index is 13.0. The van der Waals surface area contributed by atoms with Crippen LogP contribution in [0.15, 0.2) is 40.2 Å². The summed E-state index contributed by atoms with van der Waals surface area (Å²) in [7, 11) is 2.79. The molecule has 164 valence electrons. The average Bonchev–Trinajstić information content (AvgIpc) is 3.14. The fraction of sp³-hybridized carbons (Fsp3) is 0.350. The summed E-state index contributed by atoms with van der Waals surface area (Å²) in [5, 5.41) is 2.69. The zero-order chi connectivity index (χ0) is 22.9. The van der Waals surface area contributed by atoms with Gasteiger partial charge in [0.1, 0.15) is 12.4 Å². The third kappa shape index (κ3) is 4.39. The van der Waals surface area contributed by atoms with E-state index in [1.807, 2.05) is 0 Å². The molecule has 10 nitrogen and oxygen atoms in total. The average molecular weight is 431 g/mol. The number of carbonyl (C=O) groups is 2. The second kappa shape index (κ2) is 8.54. The Balaban J connectivity index is 1.68. The summed E-state index contributed by atoms with van der Waals surface area (Å²) in [6, 6.07) is 5.26. The monoisotopic (exact) mass is 431 g/mol. The molecule has 1 aromatic carbocycles. The molecular weight excluding hydrogens is 409 g/mol. The maximum absolute atomic E-state index is 13.0. The minimum atomic E-state index is -1.10. The van der Waals surface area contributed by atoms with E-state index in [0.29, 0.717) is 5.56 Å². The number of nitrogens with zero attached hydrogens (tertiary/aromatic N) is 4. The van der Waals surface area contributed by atoms with Gasteiger partial charge >= 0.3 is 11.7 Å². The van der Waals surface area contributed by atoms with Crippen LogP contribution in [0.25, 0.3) is 11.2 Å². The molecule has 0 fully saturated rings. The Bertz CT molecular complexity index is 1260. The van der Waals surface area contributed by atoms with Crippen molar-refractivity contribution in [2.24, 2.45) is 14.1 Å². The van der Waals surface area contributed by atoms with E-state index in [-0.39, 0.29) is 23.5 Å². The Hall–Kier alpha value is -3.76. The van der Waals surface area contributed by atoms with Gasteiger partial charge in [0, 0.05) is 14.1 Å². The molecule has 0 bridgehead atoms. The van der Waals surface area contributed by atoms with E-state index in [9.17, 15) is 23.6 Å². The zero-order valence-electron chi connectivity index (χ0n) is 17.5. The lowest BCUT2D eigenvalue weighted by molar-refractivity contribution is -0.155. The lowest BCUT2D eigenvalue weighted by Crippen LogP contribution is -2.38. The van der Waals surface area contributed by atoms with E-state index in [1.54, 1.807) is 19.1 Å². The number of aromatic nitrogens is 4. The summed E-state index contributed by atoms with van der Waals surface area (Å²) < 4.78 is 21.6. The van der Waals surface area contributed by atoms with E-state index in [1.165, 1.54) is 48.6 Å². The standard InChI is InChI=1S/C20H22FN5O5/c1-11(13-5-7-14(21)8-6-13)23-18(28)12(2)31-15(27)9-26-10-22-17-16(26)19(29)25(4)20(30)24(17)3/h5-8,10-12H,9H2,1-4H3,(H,23,28)/t11-,12+/m0/s1. The van der Waals surface area contributed by atoms with Crippen LogP contribution in [0.4, 0.5) is 4.39 Å². The van der Waals surface area contributed by atoms with Gasteiger partial charge in [-0.05, 0) is 31.5 Å². The molecule has 1 amide bonds. The van der Waals surface area contributed by atoms with Crippen LogP contribution in [-0.2, 0) is 35.0 Å². The molecule has 0 spiro atoms. The normalized spacial score (nSPS) is 13.1. The number of nitrogens with one attached hydrogen (secondary N) is 1. The molecule has 0 unspecified atom stereocenters. The summed E-state index contributed by atoms with van der Waals surface area (Å²) in [6.45, 7) is 2.77. The number of rotatable bonds is 6. The van der Waals surface area contributed by atoms with Crippen LogP contribution in [-0.4, -0.2) is 36.7 Å². The van der Waals surface area contributed by atoms with Crippen molar-refractivity contribution in [3.8, 4) is 0 Å². The molecule has 3 aromatic rings. The van der Waals surface area contributed by atoms with Crippen LogP contribution >= 0.6 is 0 Å². The Morgan fingerprint density at radius 1 is 1.13 bits per heavy atom. The predicted molar refractivity (Wildman–Crippen MR) is 109 cm³/mol. The van der Waals surface area contributed by atoms with Gasteiger partial charge in [-0.15, -0.1) is 0 Å². The predicted octanol–water partition coefficient (Wildman–Crippen LogP) is 0.382.